The number of furan rings is 1. The molecule has 0 aliphatic carbocycles. The number of rotatable bonds is 5. The van der Waals surface area contributed by atoms with Crippen LogP contribution in [0, 0.1) is 6.92 Å². The summed E-state index contributed by atoms with van der Waals surface area (Å²) in [6, 6.07) is 8.00. The third-order valence-electron chi connectivity index (χ3n) is 4.74. The van der Waals surface area contributed by atoms with E-state index in [-0.39, 0.29) is 35.5 Å². The van der Waals surface area contributed by atoms with E-state index in [2.05, 4.69) is 33.5 Å². The summed E-state index contributed by atoms with van der Waals surface area (Å²) >= 11 is 0. The smallest absolute Gasteiger partial charge is 0.191 e. The highest BCUT2D eigenvalue weighted by atomic mass is 127. The van der Waals surface area contributed by atoms with Crippen molar-refractivity contribution in [2.45, 2.75) is 13.5 Å². The van der Waals surface area contributed by atoms with Crippen LogP contribution < -0.4 is 10.6 Å². The normalized spacial score (nSPS) is 17.5. The standard InChI is InChI=1S/C18H26N4O3S.HI/c1-14-15-5-3-4-6-16(15)25-17(14)13-21-18(19-2)20-7-8-22-9-11-26(23,24)12-10-22;/h3-6H,7-13H2,1-2H3,(H2,19,20,21);1H. The number of hydrogen-bond donors (Lipinski definition) is 2. The van der Waals surface area contributed by atoms with Crippen LogP contribution in [-0.4, -0.2) is 64.0 Å². The lowest BCUT2D eigenvalue weighted by Crippen LogP contribution is -2.45. The molecule has 3 rings (SSSR count). The average Bonchev–Trinajstić information content (AvgIpc) is 2.95. The number of para-hydroxylation sites is 1. The fourth-order valence-corrected chi connectivity index (χ4v) is 4.36. The molecule has 1 aliphatic rings. The quantitative estimate of drug-likeness (QED) is 0.365. The predicted octanol–water partition coefficient (Wildman–Crippen LogP) is 1.75. The van der Waals surface area contributed by atoms with Gasteiger partial charge in [0.25, 0.3) is 0 Å². The monoisotopic (exact) mass is 506 g/mol. The van der Waals surface area contributed by atoms with Gasteiger partial charge in [0, 0.05) is 44.2 Å². The summed E-state index contributed by atoms with van der Waals surface area (Å²) in [5.74, 6) is 2.11. The molecule has 27 heavy (non-hydrogen) atoms. The van der Waals surface area contributed by atoms with Crippen molar-refractivity contribution in [2.75, 3.05) is 44.7 Å². The molecule has 150 valence electrons. The Labute approximate surface area is 177 Å². The summed E-state index contributed by atoms with van der Waals surface area (Å²) in [6.45, 7) is 5.33. The van der Waals surface area contributed by atoms with Crippen LogP contribution in [0.5, 0.6) is 0 Å². The zero-order valence-electron chi connectivity index (χ0n) is 15.7. The number of aliphatic imine (C=N–C) groups is 1. The van der Waals surface area contributed by atoms with Gasteiger partial charge in [-0.1, -0.05) is 18.2 Å². The van der Waals surface area contributed by atoms with Crippen LogP contribution in [0.15, 0.2) is 33.7 Å². The SMILES string of the molecule is CN=C(NCCN1CCS(=O)(=O)CC1)NCc1oc2ccccc2c1C.I. The number of nitrogens with zero attached hydrogens (tertiary/aromatic N) is 2. The van der Waals surface area contributed by atoms with Gasteiger partial charge in [-0.2, -0.15) is 0 Å². The Bertz CT molecular complexity index is 881. The zero-order valence-corrected chi connectivity index (χ0v) is 18.8. The molecule has 0 saturated carbocycles. The van der Waals surface area contributed by atoms with Crippen LogP contribution in [0.1, 0.15) is 11.3 Å². The molecule has 2 aromatic rings. The Morgan fingerprint density at radius 1 is 1.22 bits per heavy atom. The van der Waals surface area contributed by atoms with E-state index in [0.717, 1.165) is 28.8 Å². The average molecular weight is 506 g/mol. The summed E-state index contributed by atoms with van der Waals surface area (Å²) in [6.07, 6.45) is 0. The Morgan fingerprint density at radius 3 is 2.59 bits per heavy atom. The van der Waals surface area contributed by atoms with Gasteiger partial charge < -0.3 is 15.1 Å². The molecule has 0 spiro atoms. The summed E-state index contributed by atoms with van der Waals surface area (Å²) < 4.78 is 28.8. The first kappa shape index (κ1) is 22.0. The first-order valence-electron chi connectivity index (χ1n) is 8.83. The number of guanidine groups is 1. The van der Waals surface area contributed by atoms with Crippen molar-refractivity contribution in [2.24, 2.45) is 4.99 Å². The number of hydrogen-bond acceptors (Lipinski definition) is 5. The second-order valence-electron chi connectivity index (χ2n) is 6.49. The summed E-state index contributed by atoms with van der Waals surface area (Å²) in [7, 11) is -1.09. The van der Waals surface area contributed by atoms with Crippen LogP contribution >= 0.6 is 24.0 Å². The van der Waals surface area contributed by atoms with Gasteiger partial charge in [-0.05, 0) is 13.0 Å². The Morgan fingerprint density at radius 2 is 1.93 bits per heavy atom. The Kier molecular flexibility index (Phi) is 7.92. The van der Waals surface area contributed by atoms with Crippen molar-refractivity contribution in [1.29, 1.82) is 0 Å². The minimum Gasteiger partial charge on any atom is -0.459 e. The molecule has 1 aromatic carbocycles. The number of halogens is 1. The molecule has 1 aliphatic heterocycles. The van der Waals surface area contributed by atoms with Crippen LogP contribution in [0.4, 0.5) is 0 Å². The second kappa shape index (κ2) is 9.74. The molecule has 2 N–H and O–H groups in total. The van der Waals surface area contributed by atoms with Crippen molar-refractivity contribution in [3.8, 4) is 0 Å². The maximum Gasteiger partial charge on any atom is 0.191 e. The van der Waals surface area contributed by atoms with Gasteiger partial charge in [0.1, 0.15) is 11.3 Å². The van der Waals surface area contributed by atoms with Gasteiger partial charge in [-0.25, -0.2) is 8.42 Å². The molecule has 2 heterocycles. The lowest BCUT2D eigenvalue weighted by Gasteiger charge is -2.26. The van der Waals surface area contributed by atoms with Crippen molar-refractivity contribution in [3.63, 3.8) is 0 Å². The van der Waals surface area contributed by atoms with Crippen molar-refractivity contribution in [3.05, 3.63) is 35.6 Å². The second-order valence-corrected chi connectivity index (χ2v) is 8.80. The summed E-state index contributed by atoms with van der Waals surface area (Å²) in [5, 5.41) is 7.67. The number of fused-ring (bicyclic) bond motifs is 1. The van der Waals surface area contributed by atoms with E-state index in [1.165, 1.54) is 0 Å². The molecular formula is C18H27IN4O3S. The largest absolute Gasteiger partial charge is 0.459 e. The number of sulfone groups is 1. The minimum atomic E-state index is -2.82. The van der Waals surface area contributed by atoms with Crippen molar-refractivity contribution in [1.82, 2.24) is 15.5 Å². The molecule has 0 atom stereocenters. The fraction of sp³-hybridized carbons (Fsp3) is 0.500. The van der Waals surface area contributed by atoms with E-state index in [1.807, 2.05) is 18.2 Å². The molecule has 0 bridgehead atoms. The van der Waals surface area contributed by atoms with Crippen molar-refractivity contribution >= 4 is 50.7 Å². The summed E-state index contributed by atoms with van der Waals surface area (Å²) in [4.78, 5) is 6.39. The van der Waals surface area contributed by atoms with Crippen LogP contribution in [0.25, 0.3) is 11.0 Å². The highest BCUT2D eigenvalue weighted by Crippen LogP contribution is 2.24. The lowest BCUT2D eigenvalue weighted by atomic mass is 10.1. The first-order valence-corrected chi connectivity index (χ1v) is 10.6. The van der Waals surface area contributed by atoms with Crippen LogP contribution in [0.3, 0.4) is 0 Å². The molecule has 1 aromatic heterocycles. The van der Waals surface area contributed by atoms with E-state index in [0.29, 0.717) is 32.1 Å². The van der Waals surface area contributed by atoms with Gasteiger partial charge in [0.05, 0.1) is 18.1 Å². The van der Waals surface area contributed by atoms with E-state index < -0.39 is 9.84 Å². The molecule has 1 fully saturated rings. The molecule has 1 saturated heterocycles. The molecule has 9 heteroatoms. The third-order valence-corrected chi connectivity index (χ3v) is 6.35. The molecule has 7 nitrogen and oxygen atoms in total. The molecule has 0 radical (unpaired) electrons. The highest BCUT2D eigenvalue weighted by Gasteiger charge is 2.21. The van der Waals surface area contributed by atoms with Crippen LogP contribution in [0.2, 0.25) is 0 Å². The Balaban J connectivity index is 0.00000261. The zero-order chi connectivity index (χ0) is 18.6. The molecule has 0 unspecified atom stereocenters. The van der Waals surface area contributed by atoms with Gasteiger partial charge in [-0.15, -0.1) is 24.0 Å². The number of nitrogens with one attached hydrogen (secondary N) is 2. The molecular weight excluding hydrogens is 479 g/mol. The maximum atomic E-state index is 11.5. The predicted molar refractivity (Wildman–Crippen MR) is 120 cm³/mol. The Hall–Kier alpha value is -1.33. The van der Waals surface area contributed by atoms with Gasteiger partial charge in [0.2, 0.25) is 0 Å². The molecule has 0 amide bonds. The highest BCUT2D eigenvalue weighted by molar-refractivity contribution is 14.0. The van der Waals surface area contributed by atoms with Gasteiger partial charge >= 0.3 is 0 Å². The topological polar surface area (TPSA) is 86.9 Å². The van der Waals surface area contributed by atoms with E-state index in [1.54, 1.807) is 7.05 Å². The fourth-order valence-electron chi connectivity index (χ4n) is 3.08. The number of aryl methyl sites for hydroxylation is 1. The van der Waals surface area contributed by atoms with E-state index in [9.17, 15) is 8.42 Å². The van der Waals surface area contributed by atoms with Gasteiger partial charge in [0.15, 0.2) is 15.8 Å². The van der Waals surface area contributed by atoms with E-state index >= 15 is 0 Å². The summed E-state index contributed by atoms with van der Waals surface area (Å²) in [5.41, 5.74) is 2.03. The lowest BCUT2D eigenvalue weighted by molar-refractivity contribution is 0.299. The minimum absolute atomic E-state index is 0. The van der Waals surface area contributed by atoms with Crippen LogP contribution in [-0.2, 0) is 16.4 Å². The third kappa shape index (κ3) is 5.82. The van der Waals surface area contributed by atoms with Gasteiger partial charge in [-0.3, -0.25) is 9.89 Å². The number of benzene rings is 1. The first-order chi connectivity index (χ1) is 12.5. The van der Waals surface area contributed by atoms with E-state index in [4.69, 9.17) is 4.42 Å². The van der Waals surface area contributed by atoms with Crippen molar-refractivity contribution < 1.29 is 12.8 Å². The maximum absolute atomic E-state index is 11.5.